The lowest BCUT2D eigenvalue weighted by Crippen LogP contribution is -2.49. The Morgan fingerprint density at radius 2 is 1.62 bits per heavy atom. The SMILES string of the molecule is COc1ccc(CC(=O)N2CCN(c3ccc4c(c3)OCCO4)CC2)cc1OC. The summed E-state index contributed by atoms with van der Waals surface area (Å²) in [5.74, 6) is 3.02. The van der Waals surface area contributed by atoms with Crippen LogP contribution in [-0.2, 0) is 11.2 Å². The van der Waals surface area contributed by atoms with E-state index in [1.54, 1.807) is 14.2 Å². The monoisotopic (exact) mass is 398 g/mol. The molecule has 154 valence electrons. The number of hydrogen-bond acceptors (Lipinski definition) is 6. The average molecular weight is 398 g/mol. The van der Waals surface area contributed by atoms with E-state index in [1.807, 2.05) is 35.2 Å². The molecule has 7 nitrogen and oxygen atoms in total. The van der Waals surface area contributed by atoms with Crippen molar-refractivity contribution in [2.45, 2.75) is 6.42 Å². The Balaban J connectivity index is 1.35. The van der Waals surface area contributed by atoms with E-state index in [0.717, 1.165) is 35.8 Å². The highest BCUT2D eigenvalue weighted by atomic mass is 16.6. The molecule has 1 fully saturated rings. The van der Waals surface area contributed by atoms with E-state index >= 15 is 0 Å². The molecule has 29 heavy (non-hydrogen) atoms. The van der Waals surface area contributed by atoms with E-state index in [9.17, 15) is 4.79 Å². The maximum absolute atomic E-state index is 12.8. The number of nitrogens with zero attached hydrogens (tertiary/aromatic N) is 2. The Bertz CT molecular complexity index is 878. The molecule has 0 aliphatic carbocycles. The number of piperazine rings is 1. The summed E-state index contributed by atoms with van der Waals surface area (Å²) in [7, 11) is 3.20. The Labute approximate surface area is 170 Å². The molecular formula is C22H26N2O5. The van der Waals surface area contributed by atoms with Gasteiger partial charge in [0.05, 0.1) is 20.6 Å². The molecule has 2 heterocycles. The second kappa shape index (κ2) is 8.51. The zero-order valence-corrected chi connectivity index (χ0v) is 16.8. The predicted molar refractivity (Wildman–Crippen MR) is 109 cm³/mol. The van der Waals surface area contributed by atoms with Crippen molar-refractivity contribution in [3.8, 4) is 23.0 Å². The van der Waals surface area contributed by atoms with Crippen molar-refractivity contribution < 1.29 is 23.7 Å². The minimum absolute atomic E-state index is 0.124. The van der Waals surface area contributed by atoms with Crippen molar-refractivity contribution in [3.05, 3.63) is 42.0 Å². The topological polar surface area (TPSA) is 60.5 Å². The summed E-state index contributed by atoms with van der Waals surface area (Å²) in [6.07, 6.45) is 0.352. The van der Waals surface area contributed by atoms with Crippen LogP contribution in [0.1, 0.15) is 5.56 Å². The molecule has 4 rings (SSSR count). The smallest absolute Gasteiger partial charge is 0.227 e. The molecule has 1 amide bonds. The van der Waals surface area contributed by atoms with Gasteiger partial charge in [-0.3, -0.25) is 4.79 Å². The van der Waals surface area contributed by atoms with Crippen LogP contribution in [0, 0.1) is 0 Å². The first-order valence-electron chi connectivity index (χ1n) is 9.81. The largest absolute Gasteiger partial charge is 0.493 e. The lowest BCUT2D eigenvalue weighted by Gasteiger charge is -2.36. The van der Waals surface area contributed by atoms with Crippen molar-refractivity contribution >= 4 is 11.6 Å². The summed E-state index contributed by atoms with van der Waals surface area (Å²) in [5, 5.41) is 0. The number of carbonyl (C=O) groups is 1. The number of amides is 1. The number of carbonyl (C=O) groups excluding carboxylic acids is 1. The molecule has 7 heteroatoms. The van der Waals surface area contributed by atoms with Crippen LogP contribution in [0.5, 0.6) is 23.0 Å². The minimum Gasteiger partial charge on any atom is -0.493 e. The summed E-state index contributed by atoms with van der Waals surface area (Å²) in [6.45, 7) is 4.14. The van der Waals surface area contributed by atoms with Crippen LogP contribution < -0.4 is 23.8 Å². The number of anilines is 1. The Hall–Kier alpha value is -3.09. The molecule has 2 aliphatic rings. The highest BCUT2D eigenvalue weighted by Gasteiger charge is 2.23. The predicted octanol–water partition coefficient (Wildman–Crippen LogP) is 2.37. The minimum atomic E-state index is 0.124. The van der Waals surface area contributed by atoms with E-state index in [-0.39, 0.29) is 5.91 Å². The molecule has 0 aromatic heterocycles. The third-order valence-corrected chi connectivity index (χ3v) is 5.33. The molecule has 0 spiro atoms. The molecule has 2 aliphatic heterocycles. The fraction of sp³-hybridized carbons (Fsp3) is 0.409. The van der Waals surface area contributed by atoms with Crippen LogP contribution in [0.3, 0.4) is 0 Å². The van der Waals surface area contributed by atoms with Gasteiger partial charge in [-0.05, 0) is 29.8 Å². The summed E-state index contributed by atoms with van der Waals surface area (Å²) >= 11 is 0. The molecule has 0 bridgehead atoms. The van der Waals surface area contributed by atoms with Crippen molar-refractivity contribution in [1.82, 2.24) is 4.90 Å². The summed E-state index contributed by atoms with van der Waals surface area (Å²) < 4.78 is 21.9. The molecule has 0 atom stereocenters. The lowest BCUT2D eigenvalue weighted by atomic mass is 10.1. The van der Waals surface area contributed by atoms with E-state index in [0.29, 0.717) is 44.2 Å². The quantitative estimate of drug-likeness (QED) is 0.771. The third-order valence-electron chi connectivity index (χ3n) is 5.33. The fourth-order valence-electron chi connectivity index (χ4n) is 3.72. The highest BCUT2D eigenvalue weighted by Crippen LogP contribution is 2.34. The second-order valence-corrected chi connectivity index (χ2v) is 7.06. The Kier molecular flexibility index (Phi) is 5.64. The van der Waals surface area contributed by atoms with Crippen LogP contribution in [0.25, 0.3) is 0 Å². The number of fused-ring (bicyclic) bond motifs is 1. The van der Waals surface area contributed by atoms with Crippen LogP contribution >= 0.6 is 0 Å². The van der Waals surface area contributed by atoms with Gasteiger partial charge in [-0.25, -0.2) is 0 Å². The van der Waals surface area contributed by atoms with Gasteiger partial charge in [0.1, 0.15) is 13.2 Å². The molecule has 0 unspecified atom stereocenters. The maximum Gasteiger partial charge on any atom is 0.227 e. The van der Waals surface area contributed by atoms with Gasteiger partial charge in [0.15, 0.2) is 23.0 Å². The summed E-state index contributed by atoms with van der Waals surface area (Å²) in [5.41, 5.74) is 2.02. The van der Waals surface area contributed by atoms with E-state index in [4.69, 9.17) is 18.9 Å². The van der Waals surface area contributed by atoms with Crippen molar-refractivity contribution in [3.63, 3.8) is 0 Å². The average Bonchev–Trinajstić information content (AvgIpc) is 2.78. The van der Waals surface area contributed by atoms with Gasteiger partial charge < -0.3 is 28.7 Å². The first kappa shape index (κ1) is 19.2. The van der Waals surface area contributed by atoms with Gasteiger partial charge in [0.25, 0.3) is 0 Å². The third kappa shape index (κ3) is 4.18. The molecular weight excluding hydrogens is 372 g/mol. The number of benzene rings is 2. The van der Waals surface area contributed by atoms with Gasteiger partial charge in [-0.1, -0.05) is 6.07 Å². The van der Waals surface area contributed by atoms with Crippen molar-refractivity contribution in [1.29, 1.82) is 0 Å². The summed E-state index contributed by atoms with van der Waals surface area (Å²) in [4.78, 5) is 17.0. The Morgan fingerprint density at radius 1 is 0.897 bits per heavy atom. The highest BCUT2D eigenvalue weighted by molar-refractivity contribution is 5.79. The maximum atomic E-state index is 12.8. The number of methoxy groups -OCH3 is 2. The standard InChI is InChI=1S/C22H26N2O5/c1-26-18-5-3-16(13-20(18)27-2)14-22(25)24-9-7-23(8-10-24)17-4-6-19-21(15-17)29-12-11-28-19/h3-6,13,15H,7-12,14H2,1-2H3. The normalized spacial score (nSPS) is 15.8. The fourth-order valence-corrected chi connectivity index (χ4v) is 3.72. The van der Waals surface area contributed by atoms with Gasteiger partial charge in [-0.2, -0.15) is 0 Å². The molecule has 0 saturated carbocycles. The van der Waals surface area contributed by atoms with E-state index in [1.165, 1.54) is 0 Å². The van der Waals surface area contributed by atoms with Crippen LogP contribution in [0.2, 0.25) is 0 Å². The number of ether oxygens (including phenoxy) is 4. The van der Waals surface area contributed by atoms with Crippen LogP contribution in [-0.4, -0.2) is 64.4 Å². The van der Waals surface area contributed by atoms with Gasteiger partial charge in [0.2, 0.25) is 5.91 Å². The van der Waals surface area contributed by atoms with Crippen molar-refractivity contribution in [2.75, 3.05) is 58.5 Å². The van der Waals surface area contributed by atoms with Gasteiger partial charge in [0, 0.05) is 37.9 Å². The van der Waals surface area contributed by atoms with Gasteiger partial charge >= 0.3 is 0 Å². The van der Waals surface area contributed by atoms with E-state index < -0.39 is 0 Å². The van der Waals surface area contributed by atoms with Gasteiger partial charge in [-0.15, -0.1) is 0 Å². The zero-order chi connectivity index (χ0) is 20.2. The summed E-state index contributed by atoms with van der Waals surface area (Å²) in [6, 6.07) is 11.6. The Morgan fingerprint density at radius 3 is 2.34 bits per heavy atom. The number of hydrogen-bond donors (Lipinski definition) is 0. The molecule has 2 aromatic rings. The van der Waals surface area contributed by atoms with Crippen LogP contribution in [0.15, 0.2) is 36.4 Å². The first-order valence-corrected chi connectivity index (χ1v) is 9.81. The molecule has 2 aromatic carbocycles. The molecule has 0 N–H and O–H groups in total. The molecule has 0 radical (unpaired) electrons. The van der Waals surface area contributed by atoms with E-state index in [2.05, 4.69) is 11.0 Å². The first-order chi connectivity index (χ1) is 14.2. The van der Waals surface area contributed by atoms with Crippen LogP contribution in [0.4, 0.5) is 5.69 Å². The van der Waals surface area contributed by atoms with Crippen molar-refractivity contribution in [2.24, 2.45) is 0 Å². The zero-order valence-electron chi connectivity index (χ0n) is 16.8. The number of rotatable bonds is 5. The second-order valence-electron chi connectivity index (χ2n) is 7.06. The lowest BCUT2D eigenvalue weighted by molar-refractivity contribution is -0.130. The molecule has 1 saturated heterocycles.